The fraction of sp³-hybridized carbons (Fsp3) is 0.273. The molecule has 0 radical (unpaired) electrons. The number of hydrogen-bond acceptors (Lipinski definition) is 3. The van der Waals surface area contributed by atoms with Gasteiger partial charge in [-0.05, 0) is 26.0 Å². The number of nitrogens with one attached hydrogen (secondary N) is 1. The summed E-state index contributed by atoms with van der Waals surface area (Å²) in [6.45, 7) is 4.47. The van der Waals surface area contributed by atoms with Gasteiger partial charge in [-0.25, -0.2) is 9.97 Å². The van der Waals surface area contributed by atoms with Gasteiger partial charge in [0.15, 0.2) is 0 Å². The third-order valence-electron chi connectivity index (χ3n) is 2.05. The normalized spacial score (nSPS) is 10.3. The molecule has 0 amide bonds. The number of aromatic nitrogens is 3. The van der Waals surface area contributed by atoms with Gasteiger partial charge in [0.1, 0.15) is 5.82 Å². The summed E-state index contributed by atoms with van der Waals surface area (Å²) < 4.78 is 5.44. The lowest BCUT2D eigenvalue weighted by atomic mass is 10.2. The molecule has 0 spiro atoms. The van der Waals surface area contributed by atoms with E-state index in [0.29, 0.717) is 12.5 Å². The van der Waals surface area contributed by atoms with Gasteiger partial charge in [0, 0.05) is 6.20 Å². The van der Waals surface area contributed by atoms with Crippen molar-refractivity contribution >= 4 is 0 Å². The highest BCUT2D eigenvalue weighted by Crippen LogP contribution is 2.25. The standard InChI is InChI=1S/C11H13N3O/c1-3-15-11-9(5-4-6-12-11)10-7-13-8(2)14-10/h4-7H,3H2,1-2H3,(H,13,14). The van der Waals surface area contributed by atoms with Crippen molar-refractivity contribution in [3.05, 3.63) is 30.4 Å². The maximum atomic E-state index is 5.44. The van der Waals surface area contributed by atoms with Crippen LogP contribution in [0.4, 0.5) is 0 Å². The van der Waals surface area contributed by atoms with Crippen molar-refractivity contribution in [1.29, 1.82) is 0 Å². The maximum absolute atomic E-state index is 5.44. The Morgan fingerprint density at radius 1 is 1.40 bits per heavy atom. The predicted molar refractivity (Wildman–Crippen MR) is 57.7 cm³/mol. The Bertz CT molecular complexity index is 451. The Labute approximate surface area is 88.3 Å². The molecule has 0 saturated carbocycles. The molecule has 2 aromatic rings. The van der Waals surface area contributed by atoms with Crippen LogP contribution in [0.15, 0.2) is 24.5 Å². The molecule has 0 fully saturated rings. The van der Waals surface area contributed by atoms with Gasteiger partial charge in [0.25, 0.3) is 0 Å². The minimum Gasteiger partial charge on any atom is -0.477 e. The second-order valence-corrected chi connectivity index (χ2v) is 3.17. The van der Waals surface area contributed by atoms with Gasteiger partial charge < -0.3 is 9.72 Å². The van der Waals surface area contributed by atoms with E-state index >= 15 is 0 Å². The van der Waals surface area contributed by atoms with E-state index in [4.69, 9.17) is 4.74 Å². The Morgan fingerprint density at radius 2 is 2.27 bits per heavy atom. The number of H-pyrrole nitrogens is 1. The summed E-state index contributed by atoms with van der Waals surface area (Å²) >= 11 is 0. The summed E-state index contributed by atoms with van der Waals surface area (Å²) in [7, 11) is 0. The summed E-state index contributed by atoms with van der Waals surface area (Å²) in [6.07, 6.45) is 3.51. The summed E-state index contributed by atoms with van der Waals surface area (Å²) in [5.74, 6) is 1.53. The van der Waals surface area contributed by atoms with Crippen LogP contribution in [0.25, 0.3) is 11.3 Å². The first kappa shape index (κ1) is 9.71. The van der Waals surface area contributed by atoms with Crippen LogP contribution in [-0.2, 0) is 0 Å². The largest absolute Gasteiger partial charge is 0.477 e. The van der Waals surface area contributed by atoms with Crippen LogP contribution >= 0.6 is 0 Å². The Kier molecular flexibility index (Phi) is 2.67. The molecule has 1 N–H and O–H groups in total. The minimum atomic E-state index is 0.608. The third-order valence-corrected chi connectivity index (χ3v) is 2.05. The zero-order valence-electron chi connectivity index (χ0n) is 8.82. The quantitative estimate of drug-likeness (QED) is 0.831. The number of pyridine rings is 1. The summed E-state index contributed by atoms with van der Waals surface area (Å²) in [5.41, 5.74) is 1.88. The van der Waals surface area contributed by atoms with E-state index in [1.165, 1.54) is 0 Å². The van der Waals surface area contributed by atoms with Crippen molar-refractivity contribution in [2.24, 2.45) is 0 Å². The van der Waals surface area contributed by atoms with Crippen LogP contribution in [0.5, 0.6) is 5.88 Å². The van der Waals surface area contributed by atoms with E-state index in [1.807, 2.05) is 26.0 Å². The highest BCUT2D eigenvalue weighted by Gasteiger charge is 2.08. The number of hydrogen-bond donors (Lipinski definition) is 1. The van der Waals surface area contributed by atoms with Crippen LogP contribution in [-0.4, -0.2) is 21.6 Å². The predicted octanol–water partition coefficient (Wildman–Crippen LogP) is 2.18. The molecule has 15 heavy (non-hydrogen) atoms. The highest BCUT2D eigenvalue weighted by atomic mass is 16.5. The molecule has 0 bridgehead atoms. The summed E-state index contributed by atoms with van der Waals surface area (Å²) in [5, 5.41) is 0. The molecule has 0 saturated heterocycles. The Hall–Kier alpha value is -1.84. The molecular formula is C11H13N3O. The van der Waals surface area contributed by atoms with Crippen molar-refractivity contribution in [3.8, 4) is 17.1 Å². The van der Waals surface area contributed by atoms with Gasteiger partial charge >= 0.3 is 0 Å². The lowest BCUT2D eigenvalue weighted by Crippen LogP contribution is -1.96. The molecule has 2 rings (SSSR count). The first-order valence-corrected chi connectivity index (χ1v) is 4.91. The van der Waals surface area contributed by atoms with E-state index in [2.05, 4.69) is 15.0 Å². The molecule has 0 aromatic carbocycles. The van der Waals surface area contributed by atoms with E-state index in [0.717, 1.165) is 17.1 Å². The molecule has 0 aliphatic heterocycles. The minimum absolute atomic E-state index is 0.608. The fourth-order valence-electron chi connectivity index (χ4n) is 1.41. The zero-order chi connectivity index (χ0) is 10.7. The Balaban J connectivity index is 2.42. The fourth-order valence-corrected chi connectivity index (χ4v) is 1.41. The van der Waals surface area contributed by atoms with Gasteiger partial charge in [0.2, 0.25) is 5.88 Å². The SMILES string of the molecule is CCOc1ncccc1-c1cnc(C)[nH]1. The first-order valence-electron chi connectivity index (χ1n) is 4.91. The lowest BCUT2D eigenvalue weighted by molar-refractivity contribution is 0.328. The van der Waals surface area contributed by atoms with Gasteiger partial charge in [-0.2, -0.15) is 0 Å². The van der Waals surface area contributed by atoms with Gasteiger partial charge in [0.05, 0.1) is 24.1 Å². The van der Waals surface area contributed by atoms with Gasteiger partial charge in [-0.3, -0.25) is 0 Å². The van der Waals surface area contributed by atoms with Crippen LogP contribution in [0.1, 0.15) is 12.7 Å². The highest BCUT2D eigenvalue weighted by molar-refractivity contribution is 5.64. The van der Waals surface area contributed by atoms with Crippen LogP contribution < -0.4 is 4.74 Å². The molecule has 2 heterocycles. The van der Waals surface area contributed by atoms with Crippen molar-refractivity contribution in [1.82, 2.24) is 15.0 Å². The number of ether oxygens (including phenoxy) is 1. The molecule has 4 heteroatoms. The summed E-state index contributed by atoms with van der Waals surface area (Å²) in [4.78, 5) is 11.5. The Morgan fingerprint density at radius 3 is 2.93 bits per heavy atom. The van der Waals surface area contributed by atoms with Crippen LogP contribution in [0, 0.1) is 6.92 Å². The maximum Gasteiger partial charge on any atom is 0.222 e. The van der Waals surface area contributed by atoms with Crippen molar-refractivity contribution in [2.75, 3.05) is 6.61 Å². The first-order chi connectivity index (χ1) is 7.31. The molecule has 2 aromatic heterocycles. The third kappa shape index (κ3) is 1.98. The van der Waals surface area contributed by atoms with Gasteiger partial charge in [-0.15, -0.1) is 0 Å². The topological polar surface area (TPSA) is 50.8 Å². The summed E-state index contributed by atoms with van der Waals surface area (Å²) in [6, 6.07) is 3.85. The van der Waals surface area contributed by atoms with Crippen molar-refractivity contribution in [2.45, 2.75) is 13.8 Å². The molecule has 0 unspecified atom stereocenters. The van der Waals surface area contributed by atoms with E-state index < -0.39 is 0 Å². The van der Waals surface area contributed by atoms with Crippen LogP contribution in [0.3, 0.4) is 0 Å². The smallest absolute Gasteiger partial charge is 0.222 e. The van der Waals surface area contributed by atoms with E-state index in [9.17, 15) is 0 Å². The number of aromatic amines is 1. The average molecular weight is 203 g/mol. The molecule has 0 atom stereocenters. The second kappa shape index (κ2) is 4.13. The van der Waals surface area contributed by atoms with Crippen molar-refractivity contribution in [3.63, 3.8) is 0 Å². The van der Waals surface area contributed by atoms with Crippen molar-refractivity contribution < 1.29 is 4.74 Å². The molecule has 0 aliphatic carbocycles. The molecule has 78 valence electrons. The van der Waals surface area contributed by atoms with E-state index in [-0.39, 0.29) is 0 Å². The number of rotatable bonds is 3. The monoisotopic (exact) mass is 203 g/mol. The second-order valence-electron chi connectivity index (χ2n) is 3.17. The molecule has 4 nitrogen and oxygen atoms in total. The number of imidazole rings is 1. The van der Waals surface area contributed by atoms with Gasteiger partial charge in [-0.1, -0.05) is 0 Å². The zero-order valence-corrected chi connectivity index (χ0v) is 8.82. The van der Waals surface area contributed by atoms with E-state index in [1.54, 1.807) is 12.4 Å². The van der Waals surface area contributed by atoms with Crippen LogP contribution in [0.2, 0.25) is 0 Å². The average Bonchev–Trinajstić information content (AvgIpc) is 2.66. The number of nitrogens with zero attached hydrogens (tertiary/aromatic N) is 2. The molecular weight excluding hydrogens is 190 g/mol. The number of aryl methyl sites for hydroxylation is 1. The lowest BCUT2D eigenvalue weighted by Gasteiger charge is -2.06. The molecule has 0 aliphatic rings.